The van der Waals surface area contributed by atoms with Crippen molar-refractivity contribution in [3.63, 3.8) is 0 Å². The SMILES string of the molecule is CO/N=C(\COc1ccc(COc2ccc(/C(CC(=O)O)=N\OC3CCCCC3)cc2)cc1)c1ccccc1. The van der Waals surface area contributed by atoms with Gasteiger partial charge in [-0.25, -0.2) is 0 Å². The van der Waals surface area contributed by atoms with Crippen molar-refractivity contribution in [2.75, 3.05) is 13.7 Å². The Hall–Kier alpha value is -4.33. The molecule has 0 atom stereocenters. The smallest absolute Gasteiger partial charge is 0.309 e. The van der Waals surface area contributed by atoms with Crippen LogP contribution in [0.5, 0.6) is 11.5 Å². The highest BCUT2D eigenvalue weighted by atomic mass is 16.6. The maximum atomic E-state index is 11.4. The number of hydrogen-bond acceptors (Lipinski definition) is 7. The summed E-state index contributed by atoms with van der Waals surface area (Å²) < 4.78 is 11.8. The highest BCUT2D eigenvalue weighted by Crippen LogP contribution is 2.22. The molecule has 0 spiro atoms. The molecule has 0 aromatic heterocycles. The van der Waals surface area contributed by atoms with Gasteiger partial charge in [-0.3, -0.25) is 4.79 Å². The summed E-state index contributed by atoms with van der Waals surface area (Å²) in [6.45, 7) is 0.653. The fourth-order valence-electron chi connectivity index (χ4n) is 4.29. The van der Waals surface area contributed by atoms with Gasteiger partial charge in [-0.1, -0.05) is 59.2 Å². The van der Waals surface area contributed by atoms with Crippen molar-refractivity contribution < 1.29 is 29.0 Å². The molecule has 1 N–H and O–H groups in total. The average molecular weight is 531 g/mol. The Bertz CT molecular complexity index is 1230. The third kappa shape index (κ3) is 8.88. The molecule has 204 valence electrons. The second-order valence-electron chi connectivity index (χ2n) is 9.31. The van der Waals surface area contributed by atoms with Crippen LogP contribution in [0, 0.1) is 0 Å². The van der Waals surface area contributed by atoms with Gasteiger partial charge in [0.05, 0.1) is 12.1 Å². The molecule has 3 aromatic rings. The van der Waals surface area contributed by atoms with Crippen molar-refractivity contribution in [1.29, 1.82) is 0 Å². The van der Waals surface area contributed by atoms with Crippen molar-refractivity contribution in [3.8, 4) is 11.5 Å². The van der Waals surface area contributed by atoms with Gasteiger partial charge in [-0.15, -0.1) is 0 Å². The van der Waals surface area contributed by atoms with Crippen LogP contribution in [0.25, 0.3) is 0 Å². The first-order valence-corrected chi connectivity index (χ1v) is 13.2. The molecular weight excluding hydrogens is 496 g/mol. The summed E-state index contributed by atoms with van der Waals surface area (Å²) in [5.41, 5.74) is 3.73. The highest BCUT2D eigenvalue weighted by molar-refractivity contribution is 6.08. The summed E-state index contributed by atoms with van der Waals surface area (Å²) in [7, 11) is 1.51. The summed E-state index contributed by atoms with van der Waals surface area (Å²) in [6.07, 6.45) is 5.23. The van der Waals surface area contributed by atoms with Crippen LogP contribution in [0.3, 0.4) is 0 Å². The molecule has 0 radical (unpaired) electrons. The summed E-state index contributed by atoms with van der Waals surface area (Å²) in [5.74, 6) is 0.435. The van der Waals surface area contributed by atoms with Crippen LogP contribution in [0.1, 0.15) is 55.2 Å². The lowest BCUT2D eigenvalue weighted by atomic mass is 9.98. The lowest BCUT2D eigenvalue weighted by molar-refractivity contribution is -0.135. The van der Waals surface area contributed by atoms with E-state index in [4.69, 9.17) is 19.1 Å². The molecule has 3 aromatic carbocycles. The average Bonchev–Trinajstić information content (AvgIpc) is 2.98. The number of aliphatic carboxylic acids is 1. The summed E-state index contributed by atoms with van der Waals surface area (Å²) >= 11 is 0. The molecule has 8 heteroatoms. The molecule has 1 saturated carbocycles. The number of oxime groups is 2. The van der Waals surface area contributed by atoms with E-state index in [0.29, 0.717) is 35.1 Å². The molecule has 4 rings (SSSR count). The van der Waals surface area contributed by atoms with Gasteiger partial charge in [0.25, 0.3) is 0 Å². The van der Waals surface area contributed by atoms with Gasteiger partial charge in [0.15, 0.2) is 0 Å². The van der Waals surface area contributed by atoms with E-state index >= 15 is 0 Å². The Morgan fingerprint density at radius 3 is 2.10 bits per heavy atom. The predicted octanol–water partition coefficient (Wildman–Crippen LogP) is 6.22. The number of benzene rings is 3. The maximum Gasteiger partial charge on any atom is 0.309 e. The zero-order valence-electron chi connectivity index (χ0n) is 22.1. The monoisotopic (exact) mass is 530 g/mol. The van der Waals surface area contributed by atoms with Crippen LogP contribution in [-0.4, -0.2) is 42.3 Å². The van der Waals surface area contributed by atoms with Crippen molar-refractivity contribution in [2.45, 2.75) is 51.2 Å². The Balaban J connectivity index is 1.30. The van der Waals surface area contributed by atoms with Gasteiger partial charge in [0, 0.05) is 11.1 Å². The summed E-state index contributed by atoms with van der Waals surface area (Å²) in [5, 5.41) is 17.6. The van der Waals surface area contributed by atoms with E-state index < -0.39 is 5.97 Å². The second kappa shape index (κ2) is 14.6. The fraction of sp³-hybridized carbons (Fsp3) is 0.323. The van der Waals surface area contributed by atoms with Gasteiger partial charge in [0.1, 0.15) is 43.6 Å². The Labute approximate surface area is 228 Å². The lowest BCUT2D eigenvalue weighted by Crippen LogP contribution is -2.16. The topological polar surface area (TPSA) is 98.9 Å². The first-order chi connectivity index (χ1) is 19.1. The minimum atomic E-state index is -0.948. The predicted molar refractivity (Wildman–Crippen MR) is 149 cm³/mol. The van der Waals surface area contributed by atoms with Crippen molar-refractivity contribution in [1.82, 2.24) is 0 Å². The van der Waals surface area contributed by atoms with Gasteiger partial charge in [0.2, 0.25) is 0 Å². The number of carboxylic acids is 1. The normalized spacial score (nSPS) is 14.5. The van der Waals surface area contributed by atoms with E-state index in [1.54, 1.807) is 0 Å². The second-order valence-corrected chi connectivity index (χ2v) is 9.31. The largest absolute Gasteiger partial charge is 0.489 e. The third-order valence-corrected chi connectivity index (χ3v) is 6.38. The summed E-state index contributed by atoms with van der Waals surface area (Å²) in [4.78, 5) is 22.0. The molecule has 0 aliphatic heterocycles. The van der Waals surface area contributed by atoms with Crippen LogP contribution in [-0.2, 0) is 21.1 Å². The zero-order chi connectivity index (χ0) is 27.3. The Morgan fingerprint density at radius 1 is 0.795 bits per heavy atom. The fourth-order valence-corrected chi connectivity index (χ4v) is 4.29. The minimum Gasteiger partial charge on any atom is -0.489 e. The minimum absolute atomic E-state index is 0.0614. The van der Waals surface area contributed by atoms with Crippen LogP contribution < -0.4 is 9.47 Å². The molecule has 1 aliphatic rings. The Kier molecular flexibility index (Phi) is 10.3. The van der Waals surface area contributed by atoms with E-state index in [9.17, 15) is 9.90 Å². The van der Waals surface area contributed by atoms with Crippen LogP contribution in [0.15, 0.2) is 89.2 Å². The number of carboxylic acid groups (broad SMARTS) is 1. The standard InChI is InChI=1S/C31H34N2O6/c1-36-32-30(24-8-4-2-5-9-24)22-38-26-16-12-23(13-17-26)21-37-27-18-14-25(15-19-27)29(20-31(34)35)33-39-28-10-6-3-7-11-28/h2,4-5,8-9,12-19,28H,3,6-7,10-11,20-22H2,1H3,(H,34,35)/b32-30+,33-29-. The van der Waals surface area contributed by atoms with Gasteiger partial charge < -0.3 is 24.3 Å². The molecule has 0 unspecified atom stereocenters. The Morgan fingerprint density at radius 2 is 1.44 bits per heavy atom. The van der Waals surface area contributed by atoms with E-state index in [1.165, 1.54) is 13.5 Å². The molecule has 1 fully saturated rings. The third-order valence-electron chi connectivity index (χ3n) is 6.38. The molecule has 0 heterocycles. The number of rotatable bonds is 13. The van der Waals surface area contributed by atoms with Crippen molar-refractivity contribution >= 4 is 17.4 Å². The molecular formula is C31H34N2O6. The molecule has 0 bridgehead atoms. The highest BCUT2D eigenvalue weighted by Gasteiger charge is 2.16. The lowest BCUT2D eigenvalue weighted by Gasteiger charge is -2.19. The van der Waals surface area contributed by atoms with Crippen molar-refractivity contribution in [2.24, 2.45) is 10.3 Å². The van der Waals surface area contributed by atoms with E-state index in [-0.39, 0.29) is 19.1 Å². The van der Waals surface area contributed by atoms with Crippen LogP contribution >= 0.6 is 0 Å². The van der Waals surface area contributed by atoms with Gasteiger partial charge in [-0.05, 0) is 67.6 Å². The van der Waals surface area contributed by atoms with Gasteiger partial charge >= 0.3 is 5.97 Å². The van der Waals surface area contributed by atoms with Crippen LogP contribution in [0.2, 0.25) is 0 Å². The van der Waals surface area contributed by atoms with Gasteiger partial charge in [-0.2, -0.15) is 0 Å². The number of carbonyl (C=O) groups is 1. The van der Waals surface area contributed by atoms with E-state index in [1.807, 2.05) is 78.9 Å². The molecule has 0 saturated heterocycles. The van der Waals surface area contributed by atoms with E-state index in [2.05, 4.69) is 10.3 Å². The number of hydrogen-bond donors (Lipinski definition) is 1. The zero-order valence-corrected chi connectivity index (χ0v) is 22.1. The molecule has 8 nitrogen and oxygen atoms in total. The summed E-state index contributed by atoms with van der Waals surface area (Å²) in [6, 6.07) is 24.6. The van der Waals surface area contributed by atoms with Crippen LogP contribution in [0.4, 0.5) is 0 Å². The number of nitrogens with zero attached hydrogens (tertiary/aromatic N) is 2. The maximum absolute atomic E-state index is 11.4. The molecule has 39 heavy (non-hydrogen) atoms. The van der Waals surface area contributed by atoms with Crippen molar-refractivity contribution in [3.05, 3.63) is 95.6 Å². The molecule has 1 aliphatic carbocycles. The first kappa shape index (κ1) is 27.7. The quantitative estimate of drug-likeness (QED) is 0.208. The van der Waals surface area contributed by atoms with E-state index in [0.717, 1.165) is 36.8 Å². The molecule has 0 amide bonds. The number of ether oxygens (including phenoxy) is 2. The first-order valence-electron chi connectivity index (χ1n) is 13.2.